The van der Waals surface area contributed by atoms with Crippen LogP contribution in [-0.4, -0.2) is 11.8 Å². The van der Waals surface area contributed by atoms with Crippen molar-refractivity contribution in [3.8, 4) is 11.8 Å². The summed E-state index contributed by atoms with van der Waals surface area (Å²) in [6, 6.07) is 20.6. The van der Waals surface area contributed by atoms with Crippen molar-refractivity contribution in [2.45, 2.75) is 39.2 Å². The normalized spacial score (nSPS) is 18.2. The number of rotatable bonds is 4. The number of nitrogens with zero attached hydrogens (tertiary/aromatic N) is 1. The zero-order valence-electron chi connectivity index (χ0n) is 14.3. The van der Waals surface area contributed by atoms with Crippen LogP contribution >= 0.6 is 0 Å². The maximum Gasteiger partial charge on any atom is 0.148 e. The molecule has 2 heteroatoms. The third-order valence-electron chi connectivity index (χ3n) is 4.63. The first-order chi connectivity index (χ1) is 11.7. The minimum absolute atomic E-state index is 0.0273. The van der Waals surface area contributed by atoms with Crippen LogP contribution in [0.15, 0.2) is 65.8 Å². The summed E-state index contributed by atoms with van der Waals surface area (Å²) in [4.78, 5) is 5.69. The van der Waals surface area contributed by atoms with E-state index in [4.69, 9.17) is 4.84 Å². The molecule has 3 rings (SSSR count). The van der Waals surface area contributed by atoms with Crippen molar-refractivity contribution < 1.29 is 4.84 Å². The summed E-state index contributed by atoms with van der Waals surface area (Å²) >= 11 is 0. The van der Waals surface area contributed by atoms with E-state index in [0.29, 0.717) is 6.42 Å². The molecule has 24 heavy (non-hydrogen) atoms. The first-order valence-corrected chi connectivity index (χ1v) is 8.47. The molecule has 1 aliphatic heterocycles. The van der Waals surface area contributed by atoms with Gasteiger partial charge in [0.1, 0.15) is 6.10 Å². The summed E-state index contributed by atoms with van der Waals surface area (Å²) in [5.41, 5.74) is 3.44. The van der Waals surface area contributed by atoms with Crippen molar-refractivity contribution in [3.63, 3.8) is 0 Å². The van der Waals surface area contributed by atoms with Crippen molar-refractivity contribution in [1.82, 2.24) is 0 Å². The van der Waals surface area contributed by atoms with Crippen molar-refractivity contribution in [2.24, 2.45) is 10.6 Å². The molecule has 1 atom stereocenters. The number of hydrogen-bond donors (Lipinski definition) is 0. The molecule has 2 aromatic carbocycles. The van der Waals surface area contributed by atoms with Gasteiger partial charge in [0.2, 0.25) is 0 Å². The van der Waals surface area contributed by atoms with E-state index < -0.39 is 0 Å². The van der Waals surface area contributed by atoms with Gasteiger partial charge in [0, 0.05) is 11.0 Å². The van der Waals surface area contributed by atoms with Crippen LogP contribution in [0, 0.1) is 17.3 Å². The molecule has 2 aromatic rings. The standard InChI is InChI=1S/C22H23NO/c1-22(2)20(17-16-19-12-7-4-8-13-19)23-24-21(22)15-9-14-18-10-5-3-6-11-18/h3-8,10-13,21H,15-17H2,1-2H3. The third kappa shape index (κ3) is 3.86. The van der Waals surface area contributed by atoms with Crippen LogP contribution in [0.4, 0.5) is 0 Å². The molecule has 2 nitrogen and oxygen atoms in total. The Labute approximate surface area is 144 Å². The summed E-state index contributed by atoms with van der Waals surface area (Å²) in [7, 11) is 0. The fourth-order valence-electron chi connectivity index (χ4n) is 2.90. The molecule has 122 valence electrons. The van der Waals surface area contributed by atoms with Crippen LogP contribution in [0.1, 0.15) is 37.8 Å². The lowest BCUT2D eigenvalue weighted by molar-refractivity contribution is 0.0406. The fraction of sp³-hybridized carbons (Fsp3) is 0.318. The summed E-state index contributed by atoms with van der Waals surface area (Å²) in [6.45, 7) is 4.41. The van der Waals surface area contributed by atoms with Crippen molar-refractivity contribution in [1.29, 1.82) is 0 Å². The second-order valence-corrected chi connectivity index (χ2v) is 6.71. The second kappa shape index (κ2) is 7.36. The maximum atomic E-state index is 5.69. The molecule has 0 bridgehead atoms. The molecule has 0 aromatic heterocycles. The average molecular weight is 317 g/mol. The molecule has 0 saturated heterocycles. The molecule has 1 unspecified atom stereocenters. The van der Waals surface area contributed by atoms with Crippen LogP contribution in [0.5, 0.6) is 0 Å². The van der Waals surface area contributed by atoms with E-state index >= 15 is 0 Å². The summed E-state index contributed by atoms with van der Waals surface area (Å²) in [5, 5.41) is 4.36. The van der Waals surface area contributed by atoms with E-state index in [9.17, 15) is 0 Å². The van der Waals surface area contributed by atoms with Gasteiger partial charge in [0.05, 0.1) is 12.1 Å². The Morgan fingerprint density at radius 2 is 1.62 bits per heavy atom. The first-order valence-electron chi connectivity index (χ1n) is 8.47. The lowest BCUT2D eigenvalue weighted by atomic mass is 9.79. The molecule has 1 aliphatic rings. The monoisotopic (exact) mass is 317 g/mol. The SMILES string of the molecule is CC1(C)C(CCc2ccccc2)=NOC1CC#Cc1ccccc1. The molecular weight excluding hydrogens is 294 g/mol. The minimum atomic E-state index is -0.0693. The van der Waals surface area contributed by atoms with Gasteiger partial charge in [-0.25, -0.2) is 0 Å². The van der Waals surface area contributed by atoms with Crippen LogP contribution in [0.25, 0.3) is 0 Å². The van der Waals surface area contributed by atoms with Gasteiger partial charge < -0.3 is 4.84 Å². The lowest BCUT2D eigenvalue weighted by Crippen LogP contribution is -2.32. The zero-order valence-corrected chi connectivity index (χ0v) is 14.3. The number of aryl methyl sites for hydroxylation is 1. The Bertz CT molecular complexity index is 751. The lowest BCUT2D eigenvalue weighted by Gasteiger charge is -2.24. The smallest absolute Gasteiger partial charge is 0.148 e. The third-order valence-corrected chi connectivity index (χ3v) is 4.63. The van der Waals surface area contributed by atoms with Gasteiger partial charge in [-0.05, 0) is 30.5 Å². The average Bonchev–Trinajstić information content (AvgIpc) is 2.89. The van der Waals surface area contributed by atoms with Gasteiger partial charge in [-0.15, -0.1) is 0 Å². The van der Waals surface area contributed by atoms with E-state index in [1.54, 1.807) is 0 Å². The van der Waals surface area contributed by atoms with Gasteiger partial charge in [0.15, 0.2) is 0 Å². The van der Waals surface area contributed by atoms with Gasteiger partial charge >= 0.3 is 0 Å². The molecule has 0 saturated carbocycles. The fourth-order valence-corrected chi connectivity index (χ4v) is 2.90. The number of benzene rings is 2. The van der Waals surface area contributed by atoms with Crippen molar-refractivity contribution in [3.05, 3.63) is 71.8 Å². The van der Waals surface area contributed by atoms with E-state index in [-0.39, 0.29) is 11.5 Å². The largest absolute Gasteiger partial charge is 0.391 e. The highest BCUT2D eigenvalue weighted by molar-refractivity contribution is 5.91. The topological polar surface area (TPSA) is 21.6 Å². The van der Waals surface area contributed by atoms with Gasteiger partial charge in [-0.2, -0.15) is 0 Å². The van der Waals surface area contributed by atoms with E-state index in [1.165, 1.54) is 5.56 Å². The van der Waals surface area contributed by atoms with Crippen LogP contribution in [0.3, 0.4) is 0 Å². The van der Waals surface area contributed by atoms with E-state index in [1.807, 2.05) is 36.4 Å². The Morgan fingerprint density at radius 3 is 2.33 bits per heavy atom. The quantitative estimate of drug-likeness (QED) is 0.739. The molecular formula is C22H23NO. The van der Waals surface area contributed by atoms with Crippen molar-refractivity contribution in [2.75, 3.05) is 0 Å². The molecule has 0 spiro atoms. The van der Waals surface area contributed by atoms with Crippen molar-refractivity contribution >= 4 is 5.71 Å². The molecule has 0 amide bonds. The van der Waals surface area contributed by atoms with Gasteiger partial charge in [-0.1, -0.05) is 79.4 Å². The van der Waals surface area contributed by atoms with Gasteiger partial charge in [-0.3, -0.25) is 0 Å². The molecule has 1 heterocycles. The molecule has 0 fully saturated rings. The Balaban J connectivity index is 1.57. The molecule has 0 radical (unpaired) electrons. The first kappa shape index (κ1) is 16.3. The Morgan fingerprint density at radius 1 is 0.958 bits per heavy atom. The van der Waals surface area contributed by atoms with Crippen LogP contribution < -0.4 is 0 Å². The summed E-state index contributed by atoms with van der Waals surface area (Å²) in [6.07, 6.45) is 2.65. The minimum Gasteiger partial charge on any atom is -0.391 e. The predicted molar refractivity (Wildman–Crippen MR) is 98.8 cm³/mol. The summed E-state index contributed by atoms with van der Waals surface area (Å²) in [5.74, 6) is 6.45. The number of oxime groups is 1. The zero-order chi connectivity index (χ0) is 16.8. The van der Waals surface area contributed by atoms with Gasteiger partial charge in [0.25, 0.3) is 0 Å². The summed E-state index contributed by atoms with van der Waals surface area (Å²) < 4.78 is 0. The highest BCUT2D eigenvalue weighted by Gasteiger charge is 2.40. The predicted octanol–water partition coefficient (Wildman–Crippen LogP) is 4.84. The van der Waals surface area contributed by atoms with Crippen LogP contribution in [0.2, 0.25) is 0 Å². The maximum absolute atomic E-state index is 5.69. The highest BCUT2D eigenvalue weighted by Crippen LogP contribution is 2.35. The molecule has 0 aliphatic carbocycles. The number of hydrogen-bond acceptors (Lipinski definition) is 2. The second-order valence-electron chi connectivity index (χ2n) is 6.71. The van der Waals surface area contributed by atoms with Crippen LogP contribution in [-0.2, 0) is 11.3 Å². The van der Waals surface area contributed by atoms with E-state index in [2.05, 4.69) is 55.1 Å². The highest BCUT2D eigenvalue weighted by atomic mass is 16.6. The Kier molecular flexibility index (Phi) is 5.01. The van der Waals surface area contributed by atoms with E-state index in [0.717, 1.165) is 24.1 Å². The molecule has 0 N–H and O–H groups in total. The Hall–Kier alpha value is -2.53.